The summed E-state index contributed by atoms with van der Waals surface area (Å²) in [5.74, 6) is 0.653. The van der Waals surface area contributed by atoms with Crippen molar-refractivity contribution in [1.29, 1.82) is 0 Å². The van der Waals surface area contributed by atoms with Gasteiger partial charge in [0, 0.05) is 12.4 Å². The summed E-state index contributed by atoms with van der Waals surface area (Å²) in [5.41, 5.74) is 2.76. The van der Waals surface area contributed by atoms with Crippen LogP contribution in [0, 0.1) is 6.92 Å². The number of unbranched alkanes of at least 4 members (excludes halogenated alkanes) is 1. The molecule has 0 atom stereocenters. The Hall–Kier alpha value is -1.37. The Labute approximate surface area is 113 Å². The van der Waals surface area contributed by atoms with Crippen LogP contribution >= 0.6 is 0 Å². The average molecular weight is 245 g/mol. The van der Waals surface area contributed by atoms with E-state index >= 15 is 0 Å². The second kappa shape index (κ2) is 10.8. The molecule has 0 bridgehead atoms. The lowest BCUT2D eigenvalue weighted by molar-refractivity contribution is 0.866. The Morgan fingerprint density at radius 2 is 1.78 bits per heavy atom. The molecule has 0 saturated carbocycles. The van der Waals surface area contributed by atoms with E-state index in [1.807, 2.05) is 19.2 Å². The van der Waals surface area contributed by atoms with Crippen molar-refractivity contribution in [2.45, 2.75) is 53.4 Å². The van der Waals surface area contributed by atoms with Gasteiger partial charge in [0.25, 0.3) is 0 Å². The summed E-state index contributed by atoms with van der Waals surface area (Å²) in [5, 5.41) is 0. The molecule has 1 aromatic carbocycles. The maximum absolute atomic E-state index is 3.97. The van der Waals surface area contributed by atoms with Crippen LogP contribution in [0.3, 0.4) is 0 Å². The van der Waals surface area contributed by atoms with Crippen LogP contribution in [0.5, 0.6) is 0 Å². The Balaban J connectivity index is 0.000000331. The minimum absolute atomic E-state index is 0.653. The van der Waals surface area contributed by atoms with Crippen molar-refractivity contribution in [1.82, 2.24) is 0 Å². The van der Waals surface area contributed by atoms with Crippen molar-refractivity contribution in [3.63, 3.8) is 0 Å². The van der Waals surface area contributed by atoms with Gasteiger partial charge in [-0.2, -0.15) is 0 Å². The third-order valence-corrected chi connectivity index (χ3v) is 2.50. The second-order valence-corrected chi connectivity index (χ2v) is 4.67. The van der Waals surface area contributed by atoms with Crippen LogP contribution in [0.4, 0.5) is 0 Å². The molecule has 0 aliphatic rings. The van der Waals surface area contributed by atoms with E-state index in [0.717, 1.165) is 6.42 Å². The standard InChI is InChI=1S/C10H14.C7H13N/c1-8(2)10-6-4-9(3)5-7-10;1-3-5-7-8-6-4-2/h4-8H,1-3H3;4,6-7H,3,5H2,1-2H3/b;6-4-,8-7?. The molecule has 0 amide bonds. The predicted octanol–water partition coefficient (Wildman–Crippen LogP) is 5.51. The number of hydrogen-bond donors (Lipinski definition) is 0. The minimum Gasteiger partial charge on any atom is -0.269 e. The lowest BCUT2D eigenvalue weighted by atomic mass is 10.0. The number of allylic oxidation sites excluding steroid dienone is 1. The third kappa shape index (κ3) is 8.74. The average Bonchev–Trinajstić information content (AvgIpc) is 2.36. The van der Waals surface area contributed by atoms with Crippen LogP contribution in [-0.4, -0.2) is 6.21 Å². The first kappa shape index (κ1) is 16.6. The summed E-state index contributed by atoms with van der Waals surface area (Å²) >= 11 is 0. The van der Waals surface area contributed by atoms with Gasteiger partial charge in [-0.15, -0.1) is 0 Å². The fraction of sp³-hybridized carbons (Fsp3) is 0.471. The molecule has 0 fully saturated rings. The molecule has 1 nitrogen and oxygen atoms in total. The summed E-state index contributed by atoms with van der Waals surface area (Å²) in [6, 6.07) is 8.71. The molecule has 1 rings (SSSR count). The van der Waals surface area contributed by atoms with Crippen LogP contribution in [0.25, 0.3) is 0 Å². The lowest BCUT2D eigenvalue weighted by Crippen LogP contribution is -1.85. The van der Waals surface area contributed by atoms with E-state index < -0.39 is 0 Å². The van der Waals surface area contributed by atoms with Crippen molar-refractivity contribution >= 4 is 6.21 Å². The highest BCUT2D eigenvalue weighted by Crippen LogP contribution is 2.13. The number of aliphatic imine (C=N–C) groups is 1. The number of benzene rings is 1. The van der Waals surface area contributed by atoms with E-state index in [2.05, 4.69) is 57.0 Å². The molecule has 0 aliphatic carbocycles. The Kier molecular flexibility index (Phi) is 9.94. The van der Waals surface area contributed by atoms with Gasteiger partial charge in [-0.25, -0.2) is 0 Å². The molecule has 0 unspecified atom stereocenters. The molecular formula is C17H27N. The van der Waals surface area contributed by atoms with Gasteiger partial charge in [-0.05, 0) is 31.7 Å². The summed E-state index contributed by atoms with van der Waals surface area (Å²) in [6.07, 6.45) is 7.92. The van der Waals surface area contributed by atoms with Gasteiger partial charge in [-0.1, -0.05) is 63.1 Å². The maximum atomic E-state index is 3.97. The molecule has 0 aromatic heterocycles. The van der Waals surface area contributed by atoms with Gasteiger partial charge < -0.3 is 0 Å². The van der Waals surface area contributed by atoms with E-state index in [1.54, 1.807) is 6.20 Å². The molecule has 0 aliphatic heterocycles. The zero-order chi connectivity index (χ0) is 13.8. The van der Waals surface area contributed by atoms with Gasteiger partial charge in [0.1, 0.15) is 0 Å². The summed E-state index contributed by atoms with van der Waals surface area (Å²) in [7, 11) is 0. The summed E-state index contributed by atoms with van der Waals surface area (Å²) in [6.45, 7) is 10.6. The highest BCUT2D eigenvalue weighted by molar-refractivity contribution is 5.57. The summed E-state index contributed by atoms with van der Waals surface area (Å²) < 4.78 is 0. The van der Waals surface area contributed by atoms with Crippen molar-refractivity contribution in [3.05, 3.63) is 47.7 Å². The maximum Gasteiger partial charge on any atom is 0.0221 e. The van der Waals surface area contributed by atoms with Gasteiger partial charge in [0.15, 0.2) is 0 Å². The Morgan fingerprint density at radius 3 is 2.22 bits per heavy atom. The van der Waals surface area contributed by atoms with Crippen LogP contribution < -0.4 is 0 Å². The number of hydrogen-bond acceptors (Lipinski definition) is 1. The largest absolute Gasteiger partial charge is 0.269 e. The normalized spacial score (nSPS) is 11.0. The van der Waals surface area contributed by atoms with Gasteiger partial charge >= 0.3 is 0 Å². The van der Waals surface area contributed by atoms with E-state index in [4.69, 9.17) is 0 Å². The van der Waals surface area contributed by atoms with Gasteiger partial charge in [-0.3, -0.25) is 4.99 Å². The van der Waals surface area contributed by atoms with Crippen LogP contribution in [0.15, 0.2) is 41.5 Å². The first-order chi connectivity index (χ1) is 8.61. The Bertz CT molecular complexity index is 344. The molecule has 0 radical (unpaired) electrons. The SMILES string of the molecule is C/C=C\N=CCCC.Cc1ccc(C(C)C)cc1. The monoisotopic (exact) mass is 245 g/mol. The third-order valence-electron chi connectivity index (χ3n) is 2.50. The number of aryl methyl sites for hydroxylation is 1. The van der Waals surface area contributed by atoms with Gasteiger partial charge in [0.2, 0.25) is 0 Å². The first-order valence-corrected chi connectivity index (χ1v) is 6.81. The molecule has 1 aromatic rings. The summed E-state index contributed by atoms with van der Waals surface area (Å²) in [4.78, 5) is 3.97. The highest BCUT2D eigenvalue weighted by Gasteiger charge is 1.95. The van der Waals surface area contributed by atoms with Crippen LogP contribution in [0.2, 0.25) is 0 Å². The quantitative estimate of drug-likeness (QED) is 0.620. The van der Waals surface area contributed by atoms with Crippen molar-refractivity contribution in [2.24, 2.45) is 4.99 Å². The molecule has 100 valence electrons. The first-order valence-electron chi connectivity index (χ1n) is 6.81. The molecule has 1 heteroatoms. The smallest absolute Gasteiger partial charge is 0.0221 e. The second-order valence-electron chi connectivity index (χ2n) is 4.67. The molecular weight excluding hydrogens is 218 g/mol. The molecule has 0 N–H and O–H groups in total. The fourth-order valence-electron chi connectivity index (χ4n) is 1.30. The number of rotatable bonds is 4. The van der Waals surface area contributed by atoms with Gasteiger partial charge in [0.05, 0.1) is 0 Å². The minimum atomic E-state index is 0.653. The highest BCUT2D eigenvalue weighted by atomic mass is 14.7. The molecule has 0 saturated heterocycles. The zero-order valence-corrected chi connectivity index (χ0v) is 12.5. The predicted molar refractivity (Wildman–Crippen MR) is 83.5 cm³/mol. The number of nitrogens with zero attached hydrogens (tertiary/aromatic N) is 1. The van der Waals surface area contributed by atoms with Crippen molar-refractivity contribution in [2.75, 3.05) is 0 Å². The Morgan fingerprint density at radius 1 is 1.17 bits per heavy atom. The molecule has 0 heterocycles. The lowest BCUT2D eigenvalue weighted by Gasteiger charge is -2.03. The van der Waals surface area contributed by atoms with Crippen molar-refractivity contribution in [3.8, 4) is 0 Å². The van der Waals surface area contributed by atoms with E-state index in [1.165, 1.54) is 17.5 Å². The van der Waals surface area contributed by atoms with Crippen LogP contribution in [-0.2, 0) is 0 Å². The van der Waals surface area contributed by atoms with E-state index in [-0.39, 0.29) is 0 Å². The molecule has 18 heavy (non-hydrogen) atoms. The van der Waals surface area contributed by atoms with E-state index in [9.17, 15) is 0 Å². The van der Waals surface area contributed by atoms with Crippen molar-refractivity contribution < 1.29 is 0 Å². The molecule has 0 spiro atoms. The van der Waals surface area contributed by atoms with E-state index in [0.29, 0.717) is 5.92 Å². The zero-order valence-electron chi connectivity index (χ0n) is 12.5. The fourth-order valence-corrected chi connectivity index (χ4v) is 1.30. The van der Waals surface area contributed by atoms with Crippen LogP contribution in [0.1, 0.15) is 57.6 Å². The topological polar surface area (TPSA) is 12.4 Å².